The maximum absolute atomic E-state index is 10.1. The van der Waals surface area contributed by atoms with Crippen molar-refractivity contribution in [1.82, 2.24) is 0 Å². The molecule has 1 aromatic heterocycles. The zero-order valence-electron chi connectivity index (χ0n) is 14.5. The fraction of sp³-hybridized carbons (Fsp3) is 0.647. The number of nitrogens with two attached hydrogens (primary N) is 3. The molecule has 0 aliphatic heterocycles. The van der Waals surface area contributed by atoms with Gasteiger partial charge in [0.15, 0.2) is 16.7 Å². The minimum atomic E-state index is -0.933. The van der Waals surface area contributed by atoms with Gasteiger partial charge in [-0.05, 0) is 60.3 Å². The van der Waals surface area contributed by atoms with E-state index in [1.165, 1.54) is 32.1 Å². The van der Waals surface area contributed by atoms with Crippen molar-refractivity contribution in [2.24, 2.45) is 17.2 Å². The van der Waals surface area contributed by atoms with Crippen LogP contribution in [-0.2, 0) is 4.79 Å². The van der Waals surface area contributed by atoms with Crippen LogP contribution < -0.4 is 17.2 Å². The van der Waals surface area contributed by atoms with Crippen LogP contribution in [0.4, 0.5) is 0 Å². The molecule has 0 spiro atoms. The minimum Gasteiger partial charge on any atom is -0.480 e. The molecular formula is C17H30BrN3O4. The van der Waals surface area contributed by atoms with Crippen LogP contribution in [0.25, 0.3) is 0 Å². The highest BCUT2D eigenvalue weighted by Gasteiger charge is 2.09. The standard InChI is InChI=1S/C6H14N2O2.C6H13N.C5H3BrO2/c7-4-2-1-3-5(8)6(9)10;7-6-4-2-1-3-5-6;6-5-2-1-4(3-7)8-5/h5H,1-4,7-8H2,(H,9,10);6H,1-5,7H2;1-3H. The number of carbonyl (C=O) groups is 2. The third kappa shape index (κ3) is 13.7. The highest BCUT2D eigenvalue weighted by Crippen LogP contribution is 2.14. The van der Waals surface area contributed by atoms with E-state index in [9.17, 15) is 9.59 Å². The molecular weight excluding hydrogens is 390 g/mol. The molecule has 144 valence electrons. The number of aldehydes is 1. The summed E-state index contributed by atoms with van der Waals surface area (Å²) in [6.07, 6.45) is 9.48. The van der Waals surface area contributed by atoms with E-state index in [2.05, 4.69) is 15.9 Å². The molecule has 0 radical (unpaired) electrons. The van der Waals surface area contributed by atoms with E-state index in [1.54, 1.807) is 12.1 Å². The second-order valence-electron chi connectivity index (χ2n) is 5.89. The van der Waals surface area contributed by atoms with Crippen LogP contribution in [0.2, 0.25) is 0 Å². The molecule has 1 aliphatic rings. The predicted octanol–water partition coefficient (Wildman–Crippen LogP) is 2.66. The number of furan rings is 1. The van der Waals surface area contributed by atoms with E-state index in [-0.39, 0.29) is 0 Å². The van der Waals surface area contributed by atoms with E-state index >= 15 is 0 Å². The summed E-state index contributed by atoms with van der Waals surface area (Å²) in [6, 6.07) is 3.08. The Labute approximate surface area is 157 Å². The van der Waals surface area contributed by atoms with Crippen LogP contribution in [0.5, 0.6) is 0 Å². The van der Waals surface area contributed by atoms with Gasteiger partial charge in [-0.15, -0.1) is 0 Å². The summed E-state index contributed by atoms with van der Waals surface area (Å²) in [5, 5.41) is 8.33. The third-order valence-electron chi connectivity index (χ3n) is 3.65. The van der Waals surface area contributed by atoms with E-state index in [0.717, 1.165) is 12.8 Å². The van der Waals surface area contributed by atoms with Crippen molar-refractivity contribution in [2.75, 3.05) is 6.54 Å². The Morgan fingerprint density at radius 1 is 1.32 bits per heavy atom. The molecule has 7 N–H and O–H groups in total. The van der Waals surface area contributed by atoms with Gasteiger partial charge < -0.3 is 26.7 Å². The molecule has 1 unspecified atom stereocenters. The summed E-state index contributed by atoms with van der Waals surface area (Å²) in [4.78, 5) is 20.0. The van der Waals surface area contributed by atoms with Crippen LogP contribution in [0, 0.1) is 0 Å². The van der Waals surface area contributed by atoms with E-state index in [4.69, 9.17) is 26.7 Å². The highest BCUT2D eigenvalue weighted by molar-refractivity contribution is 9.10. The average Bonchev–Trinajstić information content (AvgIpc) is 3.02. The molecule has 1 aromatic rings. The first-order valence-electron chi connectivity index (χ1n) is 8.55. The molecule has 1 atom stereocenters. The Morgan fingerprint density at radius 3 is 2.28 bits per heavy atom. The molecule has 2 rings (SSSR count). The lowest BCUT2D eigenvalue weighted by molar-refractivity contribution is -0.138. The number of carbonyl (C=O) groups excluding carboxylic acids is 1. The zero-order valence-corrected chi connectivity index (χ0v) is 16.1. The summed E-state index contributed by atoms with van der Waals surface area (Å²) in [7, 11) is 0. The summed E-state index contributed by atoms with van der Waals surface area (Å²) in [5.41, 5.74) is 16.1. The number of halogens is 1. The summed E-state index contributed by atoms with van der Waals surface area (Å²) in [6.45, 7) is 0.604. The fourth-order valence-corrected chi connectivity index (χ4v) is 2.48. The fourth-order valence-electron chi connectivity index (χ4n) is 2.16. The van der Waals surface area contributed by atoms with Crippen molar-refractivity contribution in [1.29, 1.82) is 0 Å². The number of unbranched alkanes of at least 4 members (excludes halogenated alkanes) is 1. The molecule has 0 aromatic carbocycles. The lowest BCUT2D eigenvalue weighted by Gasteiger charge is -2.15. The molecule has 25 heavy (non-hydrogen) atoms. The average molecular weight is 420 g/mol. The third-order valence-corrected chi connectivity index (χ3v) is 4.07. The minimum absolute atomic E-state index is 0.344. The van der Waals surface area contributed by atoms with Crippen molar-refractivity contribution in [3.05, 3.63) is 22.6 Å². The molecule has 8 heteroatoms. The lowest BCUT2D eigenvalue weighted by Crippen LogP contribution is -2.29. The maximum Gasteiger partial charge on any atom is 0.320 e. The molecule has 0 amide bonds. The van der Waals surface area contributed by atoms with Crippen LogP contribution >= 0.6 is 15.9 Å². The molecule has 1 heterocycles. The first-order chi connectivity index (χ1) is 11.9. The van der Waals surface area contributed by atoms with Gasteiger partial charge in [-0.1, -0.05) is 25.7 Å². The normalized spacial score (nSPS) is 15.2. The number of aliphatic carboxylic acids is 1. The van der Waals surface area contributed by atoms with E-state index < -0.39 is 12.0 Å². The lowest BCUT2D eigenvalue weighted by atomic mass is 9.97. The Balaban J connectivity index is 0.000000350. The molecule has 7 nitrogen and oxygen atoms in total. The Morgan fingerprint density at radius 2 is 1.96 bits per heavy atom. The molecule has 0 saturated heterocycles. The van der Waals surface area contributed by atoms with E-state index in [1.807, 2.05) is 0 Å². The second kappa shape index (κ2) is 15.1. The first kappa shape index (κ1) is 23.8. The van der Waals surface area contributed by atoms with Crippen LogP contribution in [0.1, 0.15) is 61.9 Å². The van der Waals surface area contributed by atoms with Gasteiger partial charge in [0.25, 0.3) is 0 Å². The SMILES string of the molecule is NC1CCCCC1.NCCCCC(N)C(=O)O.O=Cc1ccc(Br)o1. The largest absolute Gasteiger partial charge is 0.480 e. The van der Waals surface area contributed by atoms with Crippen molar-refractivity contribution in [2.45, 2.75) is 63.5 Å². The molecule has 1 fully saturated rings. The van der Waals surface area contributed by atoms with Crippen molar-refractivity contribution >= 4 is 28.2 Å². The van der Waals surface area contributed by atoms with Crippen LogP contribution in [0.15, 0.2) is 21.2 Å². The molecule has 1 aliphatic carbocycles. The van der Waals surface area contributed by atoms with Gasteiger partial charge in [-0.2, -0.15) is 0 Å². The smallest absolute Gasteiger partial charge is 0.320 e. The van der Waals surface area contributed by atoms with Gasteiger partial charge in [0.2, 0.25) is 0 Å². The summed E-state index contributed by atoms with van der Waals surface area (Å²) >= 11 is 3.05. The second-order valence-corrected chi connectivity index (χ2v) is 6.67. The van der Waals surface area contributed by atoms with Crippen molar-refractivity contribution < 1.29 is 19.1 Å². The van der Waals surface area contributed by atoms with Gasteiger partial charge in [0, 0.05) is 6.04 Å². The molecule has 1 saturated carbocycles. The monoisotopic (exact) mass is 419 g/mol. The van der Waals surface area contributed by atoms with Gasteiger partial charge in [-0.25, -0.2) is 0 Å². The Hall–Kier alpha value is -1.22. The maximum atomic E-state index is 10.1. The van der Waals surface area contributed by atoms with Gasteiger partial charge >= 0.3 is 5.97 Å². The highest BCUT2D eigenvalue weighted by atomic mass is 79.9. The summed E-state index contributed by atoms with van der Waals surface area (Å²) < 4.78 is 5.36. The number of hydrogen-bond acceptors (Lipinski definition) is 6. The van der Waals surface area contributed by atoms with E-state index in [0.29, 0.717) is 35.7 Å². The Bertz CT molecular complexity index is 476. The van der Waals surface area contributed by atoms with Gasteiger partial charge in [-0.3, -0.25) is 9.59 Å². The topological polar surface area (TPSA) is 146 Å². The zero-order chi connectivity index (χ0) is 19.1. The van der Waals surface area contributed by atoms with Crippen molar-refractivity contribution in [3.63, 3.8) is 0 Å². The van der Waals surface area contributed by atoms with Crippen LogP contribution in [0.3, 0.4) is 0 Å². The Kier molecular flexibility index (Phi) is 14.3. The number of hydrogen-bond donors (Lipinski definition) is 4. The predicted molar refractivity (Wildman–Crippen MR) is 101 cm³/mol. The summed E-state index contributed by atoms with van der Waals surface area (Å²) in [5.74, 6) is -0.589. The van der Waals surface area contributed by atoms with Crippen molar-refractivity contribution in [3.8, 4) is 0 Å². The number of carboxylic acid groups (broad SMARTS) is 1. The first-order valence-corrected chi connectivity index (χ1v) is 9.34. The quantitative estimate of drug-likeness (QED) is 0.409. The van der Waals surface area contributed by atoms with Crippen LogP contribution in [-0.4, -0.2) is 36.0 Å². The number of carboxylic acids is 1. The molecule has 0 bridgehead atoms. The van der Waals surface area contributed by atoms with Gasteiger partial charge in [0.1, 0.15) is 6.04 Å². The van der Waals surface area contributed by atoms with Gasteiger partial charge in [0.05, 0.1) is 0 Å². The number of rotatable bonds is 6.